The van der Waals surface area contributed by atoms with Gasteiger partial charge in [0.1, 0.15) is 11.2 Å². The summed E-state index contributed by atoms with van der Waals surface area (Å²) in [7, 11) is 0. The average Bonchev–Trinajstić information content (AvgIpc) is 3.66. The van der Waals surface area contributed by atoms with Crippen molar-refractivity contribution in [1.82, 2.24) is 0 Å². The lowest BCUT2D eigenvalue weighted by molar-refractivity contribution is -0.395. The van der Waals surface area contributed by atoms with Crippen molar-refractivity contribution >= 4 is 56.1 Å². The Kier molecular flexibility index (Phi) is 7.28. The summed E-state index contributed by atoms with van der Waals surface area (Å²) in [6.45, 7) is 0. The van der Waals surface area contributed by atoms with Gasteiger partial charge in [-0.2, -0.15) is 0 Å². The summed E-state index contributed by atoms with van der Waals surface area (Å²) in [4.78, 5) is 4.67. The molecule has 0 bridgehead atoms. The summed E-state index contributed by atoms with van der Waals surface area (Å²) < 4.78 is 6.17. The second-order valence-electron chi connectivity index (χ2n) is 17.8. The monoisotopic (exact) mass is 772 g/mol. The van der Waals surface area contributed by atoms with Gasteiger partial charge in [-0.15, -0.1) is 0 Å². The van der Waals surface area contributed by atoms with Crippen LogP contribution >= 0.6 is 0 Å². The first-order valence-electron chi connectivity index (χ1n) is 21.7. The molecule has 4 aliphatic rings. The Morgan fingerprint density at radius 2 is 0.783 bits per heavy atom. The van der Waals surface area contributed by atoms with Crippen LogP contribution in [0.2, 0.25) is 0 Å². The highest BCUT2D eigenvalue weighted by Gasteiger charge is 2.87. The molecule has 0 radical (unpaired) electrons. The number of furan rings is 1. The maximum absolute atomic E-state index is 6.17. The van der Waals surface area contributed by atoms with E-state index >= 15 is 0 Å². The minimum absolute atomic E-state index is 0.512. The second-order valence-corrected chi connectivity index (χ2v) is 17.8. The zero-order chi connectivity index (χ0) is 39.4. The van der Waals surface area contributed by atoms with E-state index in [0.717, 1.165) is 79.2 Å². The number of hydrogen-bond acceptors (Lipinski definition) is 3. The highest BCUT2D eigenvalue weighted by atomic mass is 16.3. The van der Waals surface area contributed by atoms with Crippen molar-refractivity contribution in [2.45, 2.75) is 31.1 Å². The fourth-order valence-electron chi connectivity index (χ4n) is 12.7. The molecule has 1 heterocycles. The van der Waals surface area contributed by atoms with Crippen molar-refractivity contribution in [3.8, 4) is 22.3 Å². The zero-order valence-corrected chi connectivity index (χ0v) is 33.4. The van der Waals surface area contributed by atoms with Crippen LogP contribution in [-0.4, -0.2) is 0 Å². The van der Waals surface area contributed by atoms with E-state index in [1.165, 1.54) is 47.9 Å². The molecular formula is C57H44N2O. The number of fused-ring (bicyclic) bond motifs is 3. The molecule has 4 aliphatic carbocycles. The van der Waals surface area contributed by atoms with E-state index in [9.17, 15) is 0 Å². The molecule has 2 atom stereocenters. The Labute approximate surface area is 351 Å². The number of rotatable bonds is 9. The van der Waals surface area contributed by atoms with Gasteiger partial charge in [-0.3, -0.25) is 0 Å². The van der Waals surface area contributed by atoms with E-state index in [1.807, 2.05) is 12.1 Å². The maximum Gasteiger partial charge on any atom is 0.135 e. The Hall–Kier alpha value is -6.84. The largest absolute Gasteiger partial charge is 0.456 e. The van der Waals surface area contributed by atoms with Gasteiger partial charge in [0.2, 0.25) is 0 Å². The molecule has 288 valence electrons. The van der Waals surface area contributed by atoms with Crippen LogP contribution in [0.1, 0.15) is 31.2 Å². The zero-order valence-electron chi connectivity index (χ0n) is 33.4. The molecule has 13 rings (SSSR count). The van der Waals surface area contributed by atoms with Crippen molar-refractivity contribution < 1.29 is 4.42 Å². The van der Waals surface area contributed by atoms with E-state index in [0.29, 0.717) is 5.41 Å². The van der Waals surface area contributed by atoms with Crippen LogP contribution in [-0.2, 0) is 5.41 Å². The quantitative estimate of drug-likeness (QED) is 0.146. The van der Waals surface area contributed by atoms with Crippen molar-refractivity contribution in [1.29, 1.82) is 0 Å². The first-order valence-corrected chi connectivity index (χ1v) is 21.7. The maximum atomic E-state index is 6.17. The number of anilines is 6. The molecule has 8 aromatic carbocycles. The standard InChI is InChI=1S/C57H44N2O/c1-3-9-46(10-4-1)58(48-25-17-39(18-26-48)38-15-23-42(24-16-38)56-36-44-33-43-34-45(37-56)57(43,44)56)49-27-19-40(20-28-49)41-21-29-50(30-22-41)59(47-11-5-2-6-12-47)51-31-32-55-53(35-51)52-13-7-8-14-54(52)60-55/h1-32,35,43-45H,33-34,36-37H2. The molecule has 3 heteroatoms. The molecule has 0 aliphatic heterocycles. The summed E-state index contributed by atoms with van der Waals surface area (Å²) in [5.41, 5.74) is 16.2. The van der Waals surface area contributed by atoms with Gasteiger partial charge < -0.3 is 14.2 Å². The topological polar surface area (TPSA) is 19.6 Å². The van der Waals surface area contributed by atoms with E-state index < -0.39 is 0 Å². The summed E-state index contributed by atoms with van der Waals surface area (Å²) in [5, 5.41) is 2.24. The van der Waals surface area contributed by atoms with Crippen LogP contribution < -0.4 is 9.80 Å². The Morgan fingerprint density at radius 1 is 0.367 bits per heavy atom. The lowest BCUT2D eigenvalue weighted by Gasteiger charge is -2.91. The lowest BCUT2D eigenvalue weighted by atomic mass is 9.12. The van der Waals surface area contributed by atoms with Gasteiger partial charge in [0, 0.05) is 50.3 Å². The number of nitrogens with zero attached hydrogens (tertiary/aromatic N) is 2. The highest BCUT2D eigenvalue weighted by molar-refractivity contribution is 6.06. The van der Waals surface area contributed by atoms with Crippen molar-refractivity contribution in [3.05, 3.63) is 206 Å². The highest BCUT2D eigenvalue weighted by Crippen LogP contribution is 2.92. The predicted octanol–water partition coefficient (Wildman–Crippen LogP) is 15.5. The summed E-state index contributed by atoms with van der Waals surface area (Å²) in [5.74, 6) is 3.10. The summed E-state index contributed by atoms with van der Waals surface area (Å²) >= 11 is 0. The SMILES string of the molecule is c1ccc(N(c2ccc(-c3ccc(N(c4ccccc4)c4ccc5oc6ccccc6c5c4)cc3)cc2)c2ccc(-c3ccc(C45CC6CC7CC(C4)C765)cc3)cc2)cc1. The summed E-state index contributed by atoms with van der Waals surface area (Å²) in [6.07, 6.45) is 5.90. The molecule has 1 spiro atoms. The van der Waals surface area contributed by atoms with Crippen LogP contribution in [0.3, 0.4) is 0 Å². The van der Waals surface area contributed by atoms with Gasteiger partial charge in [-0.1, -0.05) is 115 Å². The number of hydrogen-bond donors (Lipinski definition) is 0. The van der Waals surface area contributed by atoms with Crippen LogP contribution in [0.5, 0.6) is 0 Å². The minimum atomic E-state index is 0.512. The molecule has 60 heavy (non-hydrogen) atoms. The molecule has 4 saturated carbocycles. The fraction of sp³-hybridized carbons (Fsp3) is 0.158. The van der Waals surface area contributed by atoms with Gasteiger partial charge in [-0.05, 0) is 162 Å². The number of benzene rings is 8. The molecule has 2 unspecified atom stereocenters. The average molecular weight is 773 g/mol. The summed E-state index contributed by atoms with van der Waals surface area (Å²) in [6, 6.07) is 72.7. The smallest absolute Gasteiger partial charge is 0.135 e. The van der Waals surface area contributed by atoms with Gasteiger partial charge in [0.05, 0.1) is 0 Å². The number of para-hydroxylation sites is 3. The second kappa shape index (κ2) is 12.8. The molecule has 9 aromatic rings. The van der Waals surface area contributed by atoms with Crippen LogP contribution in [0.15, 0.2) is 205 Å². The third kappa shape index (κ3) is 4.78. The van der Waals surface area contributed by atoms with Gasteiger partial charge in [-0.25, -0.2) is 0 Å². The van der Waals surface area contributed by atoms with Crippen LogP contribution in [0.25, 0.3) is 44.2 Å². The Balaban J connectivity index is 0.776. The van der Waals surface area contributed by atoms with E-state index in [1.54, 1.807) is 5.56 Å². The molecule has 0 saturated heterocycles. The fourth-order valence-corrected chi connectivity index (χ4v) is 12.7. The van der Waals surface area contributed by atoms with Crippen LogP contribution in [0, 0.1) is 23.2 Å². The Morgan fingerprint density at radius 3 is 1.28 bits per heavy atom. The predicted molar refractivity (Wildman–Crippen MR) is 247 cm³/mol. The van der Waals surface area contributed by atoms with Gasteiger partial charge in [0.15, 0.2) is 0 Å². The molecule has 4 fully saturated rings. The molecule has 0 amide bonds. The minimum Gasteiger partial charge on any atom is -0.456 e. The normalized spacial score (nSPS) is 23.0. The molecule has 0 N–H and O–H groups in total. The third-order valence-corrected chi connectivity index (χ3v) is 15.3. The van der Waals surface area contributed by atoms with Gasteiger partial charge >= 0.3 is 0 Å². The van der Waals surface area contributed by atoms with Crippen molar-refractivity contribution in [3.63, 3.8) is 0 Å². The van der Waals surface area contributed by atoms with E-state index in [4.69, 9.17) is 4.42 Å². The first kappa shape index (κ1) is 34.1. The Bertz CT molecular complexity index is 3020. The molecule has 1 aromatic heterocycles. The van der Waals surface area contributed by atoms with Crippen molar-refractivity contribution in [2.24, 2.45) is 23.2 Å². The molecular weight excluding hydrogens is 729 g/mol. The van der Waals surface area contributed by atoms with Gasteiger partial charge in [0.25, 0.3) is 0 Å². The third-order valence-electron chi connectivity index (χ3n) is 15.3. The van der Waals surface area contributed by atoms with E-state index in [2.05, 4.69) is 198 Å². The van der Waals surface area contributed by atoms with Crippen LogP contribution in [0.4, 0.5) is 34.1 Å². The van der Waals surface area contributed by atoms with Crippen molar-refractivity contribution in [2.75, 3.05) is 9.80 Å². The molecule has 3 nitrogen and oxygen atoms in total. The van der Waals surface area contributed by atoms with E-state index in [-0.39, 0.29) is 0 Å². The first-order chi connectivity index (χ1) is 29.7. The lowest BCUT2D eigenvalue weighted by Crippen LogP contribution is -2.87.